The Hall–Kier alpha value is -2.08. The van der Waals surface area contributed by atoms with Gasteiger partial charge in [-0.1, -0.05) is 6.07 Å². The summed E-state index contributed by atoms with van der Waals surface area (Å²) in [7, 11) is 0. The van der Waals surface area contributed by atoms with Gasteiger partial charge in [-0.05, 0) is 45.4 Å². The van der Waals surface area contributed by atoms with E-state index < -0.39 is 17.7 Å². The molecule has 114 valence electrons. The molecule has 2 rings (SSSR count). The average molecular weight is 291 g/mol. The quantitative estimate of drug-likeness (QED) is 0.811. The van der Waals surface area contributed by atoms with Gasteiger partial charge in [-0.3, -0.25) is 4.90 Å². The molecule has 0 bridgehead atoms. The van der Waals surface area contributed by atoms with Crippen LogP contribution in [-0.2, 0) is 6.61 Å². The van der Waals surface area contributed by atoms with Crippen molar-refractivity contribution in [2.24, 2.45) is 0 Å². The lowest BCUT2D eigenvalue weighted by molar-refractivity contribution is 0.0730. The van der Waals surface area contributed by atoms with Crippen LogP contribution < -0.4 is 0 Å². The Morgan fingerprint density at radius 2 is 2.10 bits per heavy atom. The molecule has 3 N–H and O–H groups in total. The van der Waals surface area contributed by atoms with Gasteiger partial charge in [0.15, 0.2) is 0 Å². The summed E-state index contributed by atoms with van der Waals surface area (Å²) in [6.07, 6.45) is -0.980. The van der Waals surface area contributed by atoms with Crippen molar-refractivity contribution in [1.82, 2.24) is 14.9 Å². The van der Waals surface area contributed by atoms with E-state index in [1.165, 1.54) is 4.90 Å². The lowest BCUT2D eigenvalue weighted by Gasteiger charge is -2.37. The summed E-state index contributed by atoms with van der Waals surface area (Å²) in [5, 5.41) is 18.6. The van der Waals surface area contributed by atoms with Gasteiger partial charge in [0, 0.05) is 5.54 Å². The Balaban J connectivity index is 2.42. The molecule has 0 aliphatic carbocycles. The Labute approximate surface area is 123 Å². The van der Waals surface area contributed by atoms with Crippen molar-refractivity contribution >= 4 is 17.1 Å². The van der Waals surface area contributed by atoms with Crippen LogP contribution in [0, 0.1) is 0 Å². The maximum Gasteiger partial charge on any atom is 0.408 e. The van der Waals surface area contributed by atoms with Crippen molar-refractivity contribution in [3.05, 3.63) is 29.6 Å². The highest BCUT2D eigenvalue weighted by molar-refractivity contribution is 5.76. The molecule has 0 saturated carbocycles. The molecule has 0 radical (unpaired) electrons. The number of aromatic nitrogens is 2. The lowest BCUT2D eigenvalue weighted by Crippen LogP contribution is -2.46. The Morgan fingerprint density at radius 3 is 2.62 bits per heavy atom. The van der Waals surface area contributed by atoms with Gasteiger partial charge in [0.05, 0.1) is 23.7 Å². The standard InChI is InChI=1S/C15H21N3O3/c1-9(18(14(20)21)15(2,3)4)13-16-11-6-5-10(8-19)7-12(11)17-13/h5-7,9,19H,8H2,1-4H3,(H,16,17)(H,20,21). The first-order valence-corrected chi connectivity index (χ1v) is 6.85. The van der Waals surface area contributed by atoms with Gasteiger partial charge in [0.2, 0.25) is 0 Å². The number of aliphatic hydroxyl groups is 1. The van der Waals surface area contributed by atoms with Crippen molar-refractivity contribution < 1.29 is 15.0 Å². The third-order valence-electron chi connectivity index (χ3n) is 3.46. The molecule has 0 aliphatic heterocycles. The van der Waals surface area contributed by atoms with E-state index in [9.17, 15) is 9.90 Å². The molecule has 2 aromatic rings. The van der Waals surface area contributed by atoms with Crippen LogP contribution in [0.15, 0.2) is 18.2 Å². The number of H-pyrrole nitrogens is 1. The third-order valence-corrected chi connectivity index (χ3v) is 3.46. The van der Waals surface area contributed by atoms with E-state index in [1.807, 2.05) is 39.8 Å². The number of nitrogens with zero attached hydrogens (tertiary/aromatic N) is 2. The number of aromatic amines is 1. The minimum atomic E-state index is -0.980. The molecule has 6 heteroatoms. The number of carboxylic acid groups (broad SMARTS) is 1. The number of aliphatic hydroxyl groups excluding tert-OH is 1. The molecule has 21 heavy (non-hydrogen) atoms. The summed E-state index contributed by atoms with van der Waals surface area (Å²) >= 11 is 0. The number of hydrogen-bond donors (Lipinski definition) is 3. The maximum absolute atomic E-state index is 11.5. The number of nitrogens with one attached hydrogen (secondary N) is 1. The summed E-state index contributed by atoms with van der Waals surface area (Å²) in [5.41, 5.74) is 1.81. The van der Waals surface area contributed by atoms with Crippen LogP contribution in [0.1, 0.15) is 45.1 Å². The first-order chi connectivity index (χ1) is 9.74. The molecule has 1 atom stereocenters. The van der Waals surface area contributed by atoms with E-state index in [2.05, 4.69) is 9.97 Å². The van der Waals surface area contributed by atoms with E-state index in [1.54, 1.807) is 6.07 Å². The average Bonchev–Trinajstić information content (AvgIpc) is 2.78. The fourth-order valence-electron chi connectivity index (χ4n) is 2.53. The zero-order valence-electron chi connectivity index (χ0n) is 12.7. The van der Waals surface area contributed by atoms with Gasteiger partial charge in [-0.15, -0.1) is 0 Å². The van der Waals surface area contributed by atoms with Gasteiger partial charge < -0.3 is 15.2 Å². The van der Waals surface area contributed by atoms with Gasteiger partial charge >= 0.3 is 6.09 Å². The number of fused-ring (bicyclic) bond motifs is 1. The SMILES string of the molecule is CC(c1nc2ccc(CO)cc2[nH]1)N(C(=O)O)C(C)(C)C. The minimum Gasteiger partial charge on any atom is -0.465 e. The maximum atomic E-state index is 11.5. The van der Waals surface area contributed by atoms with Crippen molar-refractivity contribution in [3.63, 3.8) is 0 Å². The fourth-order valence-corrected chi connectivity index (χ4v) is 2.53. The van der Waals surface area contributed by atoms with Crippen LogP contribution >= 0.6 is 0 Å². The van der Waals surface area contributed by atoms with E-state index >= 15 is 0 Å². The molecular formula is C15H21N3O3. The van der Waals surface area contributed by atoms with Crippen LogP contribution in [0.3, 0.4) is 0 Å². The Morgan fingerprint density at radius 1 is 1.43 bits per heavy atom. The largest absolute Gasteiger partial charge is 0.465 e. The van der Waals surface area contributed by atoms with Crippen LogP contribution in [0.5, 0.6) is 0 Å². The lowest BCUT2D eigenvalue weighted by atomic mass is 10.0. The number of amides is 1. The molecule has 1 unspecified atom stereocenters. The van der Waals surface area contributed by atoms with E-state index in [-0.39, 0.29) is 6.61 Å². The van der Waals surface area contributed by atoms with Gasteiger partial charge in [0.1, 0.15) is 5.82 Å². The zero-order chi connectivity index (χ0) is 15.8. The normalized spacial score (nSPS) is 13.4. The number of rotatable bonds is 3. The van der Waals surface area contributed by atoms with Gasteiger partial charge in [-0.2, -0.15) is 0 Å². The fraction of sp³-hybridized carbons (Fsp3) is 0.467. The Kier molecular flexibility index (Phi) is 3.91. The van der Waals surface area contributed by atoms with Crippen molar-refractivity contribution in [2.45, 2.75) is 45.9 Å². The molecule has 0 saturated heterocycles. The molecule has 1 amide bonds. The molecule has 0 aliphatic rings. The highest BCUT2D eigenvalue weighted by atomic mass is 16.4. The van der Waals surface area contributed by atoms with Crippen molar-refractivity contribution in [3.8, 4) is 0 Å². The van der Waals surface area contributed by atoms with Crippen molar-refractivity contribution in [2.75, 3.05) is 0 Å². The highest BCUT2D eigenvalue weighted by Crippen LogP contribution is 2.28. The highest BCUT2D eigenvalue weighted by Gasteiger charge is 2.33. The van der Waals surface area contributed by atoms with E-state index in [0.717, 1.165) is 16.6 Å². The smallest absolute Gasteiger partial charge is 0.408 e. The second-order valence-corrected chi connectivity index (χ2v) is 6.13. The second-order valence-electron chi connectivity index (χ2n) is 6.13. The van der Waals surface area contributed by atoms with Crippen molar-refractivity contribution in [1.29, 1.82) is 0 Å². The summed E-state index contributed by atoms with van der Waals surface area (Å²) < 4.78 is 0. The third kappa shape index (κ3) is 3.00. The van der Waals surface area contributed by atoms with Crippen LogP contribution in [0.25, 0.3) is 11.0 Å². The summed E-state index contributed by atoms with van der Waals surface area (Å²) in [6.45, 7) is 7.32. The molecule has 1 aromatic heterocycles. The Bertz CT molecular complexity index is 658. The molecule has 0 fully saturated rings. The molecule has 0 spiro atoms. The second kappa shape index (κ2) is 5.37. The molecule has 6 nitrogen and oxygen atoms in total. The van der Waals surface area contributed by atoms with Gasteiger partial charge in [0.25, 0.3) is 0 Å². The molecule has 1 heterocycles. The monoisotopic (exact) mass is 291 g/mol. The summed E-state index contributed by atoms with van der Waals surface area (Å²) in [6, 6.07) is 5.04. The summed E-state index contributed by atoms with van der Waals surface area (Å²) in [5.74, 6) is 0.595. The van der Waals surface area contributed by atoms with E-state index in [4.69, 9.17) is 5.11 Å². The van der Waals surface area contributed by atoms with Crippen LogP contribution in [0.4, 0.5) is 4.79 Å². The summed E-state index contributed by atoms with van der Waals surface area (Å²) in [4.78, 5) is 20.5. The van der Waals surface area contributed by atoms with Crippen LogP contribution in [-0.4, -0.2) is 36.7 Å². The number of carbonyl (C=O) groups is 1. The van der Waals surface area contributed by atoms with Gasteiger partial charge in [-0.25, -0.2) is 9.78 Å². The number of imidazole rings is 1. The predicted octanol–water partition coefficient (Wildman–Crippen LogP) is 2.89. The zero-order valence-corrected chi connectivity index (χ0v) is 12.7. The minimum absolute atomic E-state index is 0.0386. The number of benzene rings is 1. The molecule has 1 aromatic carbocycles. The van der Waals surface area contributed by atoms with E-state index in [0.29, 0.717) is 5.82 Å². The van der Waals surface area contributed by atoms with Crippen LogP contribution in [0.2, 0.25) is 0 Å². The topological polar surface area (TPSA) is 89.5 Å². The number of hydrogen-bond acceptors (Lipinski definition) is 3. The first kappa shape index (κ1) is 15.3. The first-order valence-electron chi connectivity index (χ1n) is 6.85. The predicted molar refractivity (Wildman–Crippen MR) is 80.0 cm³/mol. The molecular weight excluding hydrogens is 270 g/mol.